The summed E-state index contributed by atoms with van der Waals surface area (Å²) in [7, 11) is 0. The number of para-hydroxylation sites is 1. The first-order chi connectivity index (χ1) is 36.4. The van der Waals surface area contributed by atoms with Crippen molar-refractivity contribution in [2.75, 3.05) is 0 Å². The summed E-state index contributed by atoms with van der Waals surface area (Å²) in [5, 5.41) is 1.71. The highest BCUT2D eigenvalue weighted by atomic mass is 15.1. The van der Waals surface area contributed by atoms with Gasteiger partial charge in [0.2, 0.25) is 0 Å². The molecule has 0 saturated carbocycles. The van der Waals surface area contributed by atoms with Gasteiger partial charge >= 0.3 is 0 Å². The normalized spacial score (nSPS) is 14.7. The minimum atomic E-state index is -0.705. The number of hydrogen-bond acceptors (Lipinski definition) is 6. The van der Waals surface area contributed by atoms with Crippen molar-refractivity contribution >= 4 is 21.8 Å². The Bertz CT molecular complexity index is 4080. The van der Waals surface area contributed by atoms with E-state index in [1.165, 1.54) is 0 Å². The molecule has 0 N–H and O–H groups in total. The highest BCUT2D eigenvalue weighted by Crippen LogP contribution is 2.39. The minimum absolute atomic E-state index is 0.0391. The van der Waals surface area contributed by atoms with E-state index in [9.17, 15) is 0 Å². The van der Waals surface area contributed by atoms with Crippen molar-refractivity contribution in [3.8, 4) is 85.1 Å². The average molecular weight is 797 g/mol. The van der Waals surface area contributed by atoms with Gasteiger partial charge in [-0.25, -0.2) is 29.9 Å². The number of aromatic nitrogens is 7. The molecule has 11 aromatic rings. The molecular weight excluding hydrogens is 747 g/mol. The number of benzene rings is 8. The topological polar surface area (TPSA) is 82.3 Å². The van der Waals surface area contributed by atoms with Crippen LogP contribution in [0.4, 0.5) is 0 Å². The molecule has 3 heterocycles. The van der Waals surface area contributed by atoms with E-state index in [2.05, 4.69) is 9.97 Å². The van der Waals surface area contributed by atoms with E-state index in [4.69, 9.17) is 40.5 Å². The van der Waals surface area contributed by atoms with Crippen LogP contribution < -0.4 is 0 Å². The van der Waals surface area contributed by atoms with E-state index in [0.29, 0.717) is 11.3 Å². The van der Waals surface area contributed by atoms with E-state index in [0.717, 1.165) is 32.9 Å². The molecule has 61 heavy (non-hydrogen) atoms. The zero-order chi connectivity index (χ0) is 53.6. The Morgan fingerprint density at radius 3 is 1.33 bits per heavy atom. The molecule has 7 heteroatoms. The Morgan fingerprint density at radius 2 is 0.754 bits per heavy atom. The van der Waals surface area contributed by atoms with Crippen LogP contribution in [-0.4, -0.2) is 34.5 Å². The van der Waals surface area contributed by atoms with Gasteiger partial charge in [-0.1, -0.05) is 182 Å². The first kappa shape index (κ1) is 23.2. The average Bonchev–Trinajstić information content (AvgIpc) is 3.86. The zero-order valence-electron chi connectivity index (χ0n) is 46.7. The number of nitrogens with zero attached hydrogens (tertiary/aromatic N) is 7. The maximum atomic E-state index is 9.01. The molecule has 286 valence electrons. The molecule has 3 aromatic heterocycles. The van der Waals surface area contributed by atoms with Crippen molar-refractivity contribution in [2.24, 2.45) is 0 Å². The summed E-state index contributed by atoms with van der Waals surface area (Å²) < 4.78 is 132. The van der Waals surface area contributed by atoms with Crippen LogP contribution in [0.1, 0.15) is 20.6 Å². The van der Waals surface area contributed by atoms with E-state index in [-0.39, 0.29) is 40.0 Å². The fraction of sp³-hybridized carbons (Fsp3) is 0. The molecule has 0 aliphatic rings. The van der Waals surface area contributed by atoms with Gasteiger partial charge in [0.05, 0.1) is 37.3 Å². The Labute approximate surface area is 373 Å². The SMILES string of the molecule is [2H]c1c([2H])c([2H])c(-c2nc(-c3ccccc3)nc(-c3ccc(-n4c5ccccc5c5ccc(-c6ccccc6)cc54)c(-c4nc(-c5c([2H])c([2H])c([2H])c([2H])c5[2H])nc(-c5c([2H])c([2H])c([2H])c([2H])c5[2H])n4)c3)n2)c([2H])c1[2H]. The lowest BCUT2D eigenvalue weighted by molar-refractivity contribution is 1.06. The molecule has 0 amide bonds. The molecule has 8 aromatic carbocycles. The zero-order valence-corrected chi connectivity index (χ0v) is 31.7. The third kappa shape index (κ3) is 6.80. The fourth-order valence-corrected chi connectivity index (χ4v) is 7.23. The summed E-state index contributed by atoms with van der Waals surface area (Å²) in [5.74, 6) is -1.41. The van der Waals surface area contributed by atoms with Gasteiger partial charge in [0.25, 0.3) is 0 Å². The second-order valence-electron chi connectivity index (χ2n) is 13.7. The van der Waals surface area contributed by atoms with Gasteiger partial charge in [0.1, 0.15) is 0 Å². The monoisotopic (exact) mass is 796 g/mol. The molecule has 0 aliphatic heterocycles. The van der Waals surface area contributed by atoms with Crippen molar-refractivity contribution in [2.45, 2.75) is 0 Å². The lowest BCUT2D eigenvalue weighted by Gasteiger charge is -2.16. The standard InChI is InChI=1S/C54H35N7/c1-6-18-36(19-7-1)41-30-32-44-43-28-16-17-29-46(43)61(48(44)35-41)47-33-31-42(53-57-49(37-20-8-2-9-21-37)55-50(58-53)38-22-10-3-11-23-38)34-45(47)54-59-51(39-24-12-4-13-25-39)56-52(60-54)40-26-14-5-15-27-40/h1-35H/i2D,4D,5D,8D,9D,12D,13D,14D,15D,20D,21D,24D,25D,26D,27D. The van der Waals surface area contributed by atoms with Crippen molar-refractivity contribution < 1.29 is 20.6 Å². The van der Waals surface area contributed by atoms with Crippen molar-refractivity contribution in [1.82, 2.24) is 34.5 Å². The van der Waals surface area contributed by atoms with Crippen LogP contribution >= 0.6 is 0 Å². The molecule has 0 radical (unpaired) electrons. The van der Waals surface area contributed by atoms with Crippen LogP contribution in [-0.2, 0) is 0 Å². The summed E-state index contributed by atoms with van der Waals surface area (Å²) in [4.78, 5) is 28.5. The molecular formula is C54H35N7. The molecule has 0 fully saturated rings. The van der Waals surface area contributed by atoms with Crippen LogP contribution in [0.25, 0.3) is 107 Å². The Hall–Kier alpha value is -8.42. The molecule has 0 bridgehead atoms. The first-order valence-electron chi connectivity index (χ1n) is 26.5. The smallest absolute Gasteiger partial charge is 0.166 e. The quantitative estimate of drug-likeness (QED) is 0.152. The summed E-state index contributed by atoms with van der Waals surface area (Å²) in [6.07, 6.45) is 0. The Kier molecular flexibility index (Phi) is 5.87. The lowest BCUT2D eigenvalue weighted by atomic mass is 10.0. The predicted octanol–water partition coefficient (Wildman–Crippen LogP) is 12.8. The van der Waals surface area contributed by atoms with Gasteiger partial charge in [-0.2, -0.15) is 0 Å². The summed E-state index contributed by atoms with van der Waals surface area (Å²) >= 11 is 0. The minimum Gasteiger partial charge on any atom is -0.308 e. The predicted molar refractivity (Wildman–Crippen MR) is 246 cm³/mol. The molecule has 0 unspecified atom stereocenters. The van der Waals surface area contributed by atoms with Gasteiger partial charge in [-0.05, 0) is 41.5 Å². The van der Waals surface area contributed by atoms with E-state index in [1.807, 2.05) is 77.4 Å². The van der Waals surface area contributed by atoms with Crippen LogP contribution in [0, 0.1) is 0 Å². The largest absolute Gasteiger partial charge is 0.308 e. The van der Waals surface area contributed by atoms with Gasteiger partial charge in [0.15, 0.2) is 34.9 Å². The van der Waals surface area contributed by atoms with Gasteiger partial charge in [0, 0.05) is 44.2 Å². The summed E-state index contributed by atoms with van der Waals surface area (Å²) in [5.41, 5.74) is 3.33. The maximum absolute atomic E-state index is 9.01. The molecule has 0 aliphatic carbocycles. The van der Waals surface area contributed by atoms with Gasteiger partial charge in [-0.3, -0.25) is 0 Å². The van der Waals surface area contributed by atoms with Crippen molar-refractivity contribution in [3.63, 3.8) is 0 Å². The maximum Gasteiger partial charge on any atom is 0.166 e. The third-order valence-corrected chi connectivity index (χ3v) is 9.99. The molecule has 0 saturated heterocycles. The van der Waals surface area contributed by atoms with Crippen LogP contribution in [0.5, 0.6) is 0 Å². The molecule has 0 atom stereocenters. The third-order valence-electron chi connectivity index (χ3n) is 9.99. The number of fused-ring (bicyclic) bond motifs is 3. The van der Waals surface area contributed by atoms with E-state index < -0.39 is 113 Å². The molecule has 7 nitrogen and oxygen atoms in total. The second kappa shape index (κ2) is 15.4. The fourth-order valence-electron chi connectivity index (χ4n) is 7.23. The van der Waals surface area contributed by atoms with Crippen LogP contribution in [0.15, 0.2) is 212 Å². The van der Waals surface area contributed by atoms with Crippen LogP contribution in [0.2, 0.25) is 0 Å². The van der Waals surface area contributed by atoms with E-state index >= 15 is 0 Å². The molecule has 0 spiro atoms. The van der Waals surface area contributed by atoms with E-state index in [1.54, 1.807) is 48.5 Å². The lowest BCUT2D eigenvalue weighted by Crippen LogP contribution is -2.05. The first-order valence-corrected chi connectivity index (χ1v) is 19.0. The number of hydrogen-bond donors (Lipinski definition) is 0. The highest BCUT2D eigenvalue weighted by Gasteiger charge is 2.22. The van der Waals surface area contributed by atoms with Crippen molar-refractivity contribution in [3.05, 3.63) is 212 Å². The van der Waals surface area contributed by atoms with Gasteiger partial charge in [-0.15, -0.1) is 0 Å². The van der Waals surface area contributed by atoms with Gasteiger partial charge < -0.3 is 4.57 Å². The highest BCUT2D eigenvalue weighted by molar-refractivity contribution is 6.10. The second-order valence-corrected chi connectivity index (χ2v) is 13.7. The van der Waals surface area contributed by atoms with Crippen molar-refractivity contribution in [1.29, 1.82) is 0 Å². The summed E-state index contributed by atoms with van der Waals surface area (Å²) in [6, 6.07) is 27.4. The molecule has 11 rings (SSSR count). The Morgan fingerprint density at radius 1 is 0.311 bits per heavy atom. The summed E-state index contributed by atoms with van der Waals surface area (Å²) in [6.45, 7) is 0. The Balaban J connectivity index is 1.28. The van der Waals surface area contributed by atoms with Crippen LogP contribution in [0.3, 0.4) is 0 Å². The number of rotatable bonds is 8.